The fourth-order valence-corrected chi connectivity index (χ4v) is 1.66. The van der Waals surface area contributed by atoms with Crippen LogP contribution in [0.15, 0.2) is 46.3 Å². The molecule has 0 atom stereocenters. The van der Waals surface area contributed by atoms with Crippen LogP contribution < -0.4 is 16.6 Å². The molecule has 0 saturated carbocycles. The third kappa shape index (κ3) is 3.24. The fraction of sp³-hybridized carbons (Fsp3) is 0. The molecule has 21 heavy (non-hydrogen) atoms. The molecule has 1 aromatic heterocycles. The highest BCUT2D eigenvalue weighted by atomic mass is 19.1. The molecule has 0 aliphatic heterocycles. The van der Waals surface area contributed by atoms with E-state index in [1.165, 1.54) is 24.3 Å². The zero-order valence-electron chi connectivity index (χ0n) is 10.6. The number of hydrogen-bond acceptors (Lipinski definition) is 4. The standard InChI is InChI=1S/C13H11FN4O3/c14-7-4-5-9(8(6-7)12(15)18-21)17-13(20)10-2-1-3-11(19)16-10/h1-6,21H,(H2,15,18)(H,16,19)(H,17,20). The smallest absolute Gasteiger partial charge is 0.272 e. The number of carbonyl (C=O) groups excluding carboxylic acids is 1. The molecule has 108 valence electrons. The number of rotatable bonds is 3. The largest absolute Gasteiger partial charge is 0.409 e. The number of aromatic amines is 1. The van der Waals surface area contributed by atoms with Crippen molar-refractivity contribution in [3.63, 3.8) is 0 Å². The minimum absolute atomic E-state index is 0.0177. The maximum atomic E-state index is 13.2. The van der Waals surface area contributed by atoms with Crippen LogP contribution in [0.4, 0.5) is 10.1 Å². The average molecular weight is 290 g/mol. The van der Waals surface area contributed by atoms with Crippen LogP contribution in [0.1, 0.15) is 16.1 Å². The summed E-state index contributed by atoms with van der Waals surface area (Å²) in [5.74, 6) is -1.58. The van der Waals surface area contributed by atoms with Crippen LogP contribution in [0, 0.1) is 5.82 Å². The van der Waals surface area contributed by atoms with Gasteiger partial charge in [0.15, 0.2) is 5.84 Å². The van der Waals surface area contributed by atoms with Gasteiger partial charge in [0, 0.05) is 11.6 Å². The summed E-state index contributed by atoms with van der Waals surface area (Å²) in [5.41, 5.74) is 5.18. The monoisotopic (exact) mass is 290 g/mol. The van der Waals surface area contributed by atoms with Crippen molar-refractivity contribution in [2.24, 2.45) is 10.9 Å². The van der Waals surface area contributed by atoms with Gasteiger partial charge in [0.2, 0.25) is 5.56 Å². The number of hydrogen-bond donors (Lipinski definition) is 4. The SMILES string of the molecule is N/C(=N/O)c1cc(F)ccc1NC(=O)c1cccc(=O)[nH]1. The van der Waals surface area contributed by atoms with E-state index in [0.717, 1.165) is 12.1 Å². The maximum Gasteiger partial charge on any atom is 0.272 e. The number of carbonyl (C=O) groups is 1. The van der Waals surface area contributed by atoms with Crippen LogP contribution in [0.3, 0.4) is 0 Å². The normalized spacial score (nSPS) is 11.2. The molecule has 0 aliphatic rings. The molecular formula is C13H11FN4O3. The Balaban J connectivity index is 2.35. The van der Waals surface area contributed by atoms with E-state index in [2.05, 4.69) is 15.5 Å². The summed E-state index contributed by atoms with van der Waals surface area (Å²) < 4.78 is 13.2. The molecule has 2 aromatic rings. The molecule has 7 nitrogen and oxygen atoms in total. The number of nitrogens with one attached hydrogen (secondary N) is 2. The molecule has 1 aromatic carbocycles. The summed E-state index contributed by atoms with van der Waals surface area (Å²) in [6.45, 7) is 0. The van der Waals surface area contributed by atoms with Gasteiger partial charge in [-0.2, -0.15) is 0 Å². The second-order valence-corrected chi connectivity index (χ2v) is 4.06. The molecule has 0 aliphatic carbocycles. The van der Waals surface area contributed by atoms with Gasteiger partial charge in [0.25, 0.3) is 5.91 Å². The van der Waals surface area contributed by atoms with Gasteiger partial charge in [-0.25, -0.2) is 4.39 Å². The van der Waals surface area contributed by atoms with Crippen LogP contribution in [-0.4, -0.2) is 21.9 Å². The Hall–Kier alpha value is -3.16. The first-order valence-corrected chi connectivity index (χ1v) is 5.79. The van der Waals surface area contributed by atoms with Crippen molar-refractivity contribution in [3.05, 3.63) is 63.8 Å². The first-order chi connectivity index (χ1) is 10.0. The lowest BCUT2D eigenvalue weighted by Crippen LogP contribution is -2.21. The highest BCUT2D eigenvalue weighted by Crippen LogP contribution is 2.17. The number of oxime groups is 1. The molecule has 8 heteroatoms. The van der Waals surface area contributed by atoms with Gasteiger partial charge in [-0.05, 0) is 24.3 Å². The van der Waals surface area contributed by atoms with Gasteiger partial charge < -0.3 is 21.2 Å². The Morgan fingerprint density at radius 3 is 2.76 bits per heavy atom. The second-order valence-electron chi connectivity index (χ2n) is 4.06. The lowest BCUT2D eigenvalue weighted by molar-refractivity contribution is 0.102. The van der Waals surface area contributed by atoms with E-state index >= 15 is 0 Å². The first kappa shape index (κ1) is 14.3. The van der Waals surface area contributed by atoms with Gasteiger partial charge in [0.1, 0.15) is 11.5 Å². The van der Waals surface area contributed by atoms with Crippen molar-refractivity contribution in [1.82, 2.24) is 4.98 Å². The number of nitrogens with two attached hydrogens (primary N) is 1. The number of amidine groups is 1. The summed E-state index contributed by atoms with van der Waals surface area (Å²) in [7, 11) is 0. The van der Waals surface area contributed by atoms with Crippen LogP contribution in [0.2, 0.25) is 0 Å². The molecule has 1 heterocycles. The van der Waals surface area contributed by atoms with Crippen LogP contribution >= 0.6 is 0 Å². The number of H-pyrrole nitrogens is 1. The van der Waals surface area contributed by atoms with Gasteiger partial charge in [-0.3, -0.25) is 9.59 Å². The van der Waals surface area contributed by atoms with Gasteiger partial charge >= 0.3 is 0 Å². The van der Waals surface area contributed by atoms with Crippen molar-refractivity contribution in [2.45, 2.75) is 0 Å². The van der Waals surface area contributed by atoms with E-state index < -0.39 is 17.3 Å². The van der Waals surface area contributed by atoms with Crippen molar-refractivity contribution in [3.8, 4) is 0 Å². The van der Waals surface area contributed by atoms with Crippen molar-refractivity contribution in [2.75, 3.05) is 5.32 Å². The average Bonchev–Trinajstić information content (AvgIpc) is 2.48. The molecule has 0 fully saturated rings. The molecule has 0 unspecified atom stereocenters. The van der Waals surface area contributed by atoms with Gasteiger partial charge in [0.05, 0.1) is 5.69 Å². The third-order valence-corrected chi connectivity index (χ3v) is 2.63. The Kier molecular flexibility index (Phi) is 3.98. The molecule has 0 spiro atoms. The fourth-order valence-electron chi connectivity index (χ4n) is 1.66. The molecule has 0 saturated heterocycles. The van der Waals surface area contributed by atoms with E-state index in [-0.39, 0.29) is 22.8 Å². The molecule has 5 N–H and O–H groups in total. The number of pyridine rings is 1. The predicted molar refractivity (Wildman–Crippen MR) is 73.9 cm³/mol. The number of anilines is 1. The van der Waals surface area contributed by atoms with E-state index in [4.69, 9.17) is 10.9 Å². The maximum absolute atomic E-state index is 13.2. The van der Waals surface area contributed by atoms with E-state index in [9.17, 15) is 14.0 Å². The highest BCUT2D eigenvalue weighted by molar-refractivity contribution is 6.09. The van der Waals surface area contributed by atoms with E-state index in [0.29, 0.717) is 0 Å². The first-order valence-electron chi connectivity index (χ1n) is 5.79. The number of benzene rings is 1. The molecule has 0 bridgehead atoms. The molecule has 0 radical (unpaired) electrons. The highest BCUT2D eigenvalue weighted by Gasteiger charge is 2.13. The van der Waals surface area contributed by atoms with Crippen LogP contribution in [-0.2, 0) is 0 Å². The summed E-state index contributed by atoms with van der Waals surface area (Å²) in [6, 6.07) is 7.47. The number of aromatic nitrogens is 1. The number of nitrogens with zero attached hydrogens (tertiary/aromatic N) is 1. The number of amides is 1. The Bertz CT molecular complexity index is 770. The quantitative estimate of drug-likeness (QED) is 0.290. The van der Waals surface area contributed by atoms with Crippen molar-refractivity contribution < 1.29 is 14.4 Å². The van der Waals surface area contributed by atoms with E-state index in [1.807, 2.05) is 0 Å². The zero-order chi connectivity index (χ0) is 15.4. The summed E-state index contributed by atoms with van der Waals surface area (Å²) in [6.07, 6.45) is 0. The van der Waals surface area contributed by atoms with Gasteiger partial charge in [-0.1, -0.05) is 11.2 Å². The van der Waals surface area contributed by atoms with Crippen molar-refractivity contribution >= 4 is 17.4 Å². The van der Waals surface area contributed by atoms with Crippen molar-refractivity contribution in [1.29, 1.82) is 0 Å². The topological polar surface area (TPSA) is 121 Å². The summed E-state index contributed by atoms with van der Waals surface area (Å²) >= 11 is 0. The van der Waals surface area contributed by atoms with Crippen LogP contribution in [0.5, 0.6) is 0 Å². The minimum Gasteiger partial charge on any atom is -0.409 e. The Labute approximate surface area is 117 Å². The molecule has 1 amide bonds. The summed E-state index contributed by atoms with van der Waals surface area (Å²) in [5, 5.41) is 13.9. The zero-order valence-corrected chi connectivity index (χ0v) is 10.6. The second kappa shape index (κ2) is 5.87. The number of halogens is 1. The Morgan fingerprint density at radius 1 is 1.33 bits per heavy atom. The Morgan fingerprint density at radius 2 is 2.10 bits per heavy atom. The minimum atomic E-state index is -0.619. The van der Waals surface area contributed by atoms with Gasteiger partial charge in [-0.15, -0.1) is 0 Å². The van der Waals surface area contributed by atoms with Crippen LogP contribution in [0.25, 0.3) is 0 Å². The summed E-state index contributed by atoms with van der Waals surface area (Å²) in [4.78, 5) is 25.5. The molecular weight excluding hydrogens is 279 g/mol. The van der Waals surface area contributed by atoms with E-state index in [1.54, 1.807) is 0 Å². The lowest BCUT2D eigenvalue weighted by Gasteiger charge is -2.10. The molecule has 2 rings (SSSR count). The lowest BCUT2D eigenvalue weighted by atomic mass is 10.1. The third-order valence-electron chi connectivity index (χ3n) is 2.63. The predicted octanol–water partition coefficient (Wildman–Crippen LogP) is 0.861.